The highest BCUT2D eigenvalue weighted by Crippen LogP contribution is 2.30. The molecular weight excluding hydrogens is 544 g/mol. The quantitative estimate of drug-likeness (QED) is 0.184. The second kappa shape index (κ2) is 13.6. The smallest absolute Gasteiger partial charge is 0.434 e. The van der Waals surface area contributed by atoms with Crippen LogP contribution < -0.4 is 20.1 Å². The summed E-state index contributed by atoms with van der Waals surface area (Å²) in [5, 5.41) is 7.62. The topological polar surface area (TPSA) is 67.8 Å². The first-order chi connectivity index (χ1) is 14.4. The van der Waals surface area contributed by atoms with Crippen molar-refractivity contribution in [3.05, 3.63) is 39.8 Å². The molecule has 2 aromatic rings. The second-order valence-electron chi connectivity index (χ2n) is 6.27. The molecule has 0 aliphatic heterocycles. The number of aliphatic imine (C=N–C) groups is 1. The summed E-state index contributed by atoms with van der Waals surface area (Å²) in [5.74, 6) is 1.98. The van der Waals surface area contributed by atoms with Crippen molar-refractivity contribution >= 4 is 41.3 Å². The van der Waals surface area contributed by atoms with E-state index in [1.165, 1.54) is 0 Å². The van der Waals surface area contributed by atoms with Gasteiger partial charge >= 0.3 is 6.18 Å². The zero-order valence-corrected chi connectivity index (χ0v) is 20.9. The predicted octanol–water partition coefficient (Wildman–Crippen LogP) is 4.88. The molecule has 1 aromatic carbocycles. The third-order valence-electron chi connectivity index (χ3n) is 4.02. The monoisotopic (exact) mass is 572 g/mol. The van der Waals surface area contributed by atoms with E-state index in [9.17, 15) is 13.2 Å². The lowest BCUT2D eigenvalue weighted by Crippen LogP contribution is -2.37. The minimum absolute atomic E-state index is 0. The number of aryl methyl sites for hydroxylation is 1. The molecule has 0 saturated heterocycles. The number of guanidine groups is 1. The van der Waals surface area contributed by atoms with Gasteiger partial charge in [0.2, 0.25) is 0 Å². The first-order valence-corrected chi connectivity index (χ1v) is 10.6. The molecule has 174 valence electrons. The molecule has 0 atom stereocenters. The van der Waals surface area contributed by atoms with Crippen LogP contribution in [0.5, 0.6) is 11.5 Å². The molecule has 2 rings (SSSR count). The molecule has 2 N–H and O–H groups in total. The standard InChI is InChI=1S/C20H27F3N4O2S.HI/c1-4-24-19(26-12-18-27-17(13-30-18)20(21,22)23)25-10-6-7-14-8-9-15(28-3)16(11-14)29-5-2;/h8-9,11,13H,4-7,10,12H2,1-3H3,(H2,24,25,26);1H. The van der Waals surface area contributed by atoms with E-state index in [1.54, 1.807) is 7.11 Å². The van der Waals surface area contributed by atoms with Gasteiger partial charge in [0.25, 0.3) is 0 Å². The molecule has 1 heterocycles. The SMILES string of the molecule is CCNC(=NCc1nc(C(F)(F)F)cs1)NCCCc1ccc(OC)c(OCC)c1.I. The Balaban J connectivity index is 0.00000480. The highest BCUT2D eigenvalue weighted by atomic mass is 127. The molecule has 0 bridgehead atoms. The molecule has 0 aliphatic carbocycles. The molecule has 0 spiro atoms. The maximum absolute atomic E-state index is 12.6. The van der Waals surface area contributed by atoms with Crippen LogP contribution in [0.3, 0.4) is 0 Å². The number of alkyl halides is 3. The molecule has 0 aliphatic rings. The number of benzene rings is 1. The minimum Gasteiger partial charge on any atom is -0.493 e. The number of hydrogen-bond donors (Lipinski definition) is 2. The fourth-order valence-corrected chi connectivity index (χ4v) is 3.37. The van der Waals surface area contributed by atoms with Gasteiger partial charge in [-0.05, 0) is 44.4 Å². The van der Waals surface area contributed by atoms with Crippen molar-refractivity contribution in [1.82, 2.24) is 15.6 Å². The third-order valence-corrected chi connectivity index (χ3v) is 4.85. The number of halogens is 4. The molecule has 0 unspecified atom stereocenters. The van der Waals surface area contributed by atoms with Gasteiger partial charge in [-0.1, -0.05) is 6.07 Å². The number of thiazole rings is 1. The van der Waals surface area contributed by atoms with Crippen molar-refractivity contribution in [3.8, 4) is 11.5 Å². The summed E-state index contributed by atoms with van der Waals surface area (Å²) in [4.78, 5) is 7.92. The summed E-state index contributed by atoms with van der Waals surface area (Å²) in [6.07, 6.45) is -2.75. The van der Waals surface area contributed by atoms with E-state index in [0.29, 0.717) is 36.4 Å². The highest BCUT2D eigenvalue weighted by molar-refractivity contribution is 14.0. The van der Waals surface area contributed by atoms with Gasteiger partial charge in [0.1, 0.15) is 5.01 Å². The maximum atomic E-state index is 12.6. The van der Waals surface area contributed by atoms with Crippen molar-refractivity contribution < 1.29 is 22.6 Å². The van der Waals surface area contributed by atoms with Crippen molar-refractivity contribution in [2.24, 2.45) is 4.99 Å². The Hall–Kier alpha value is -1.76. The highest BCUT2D eigenvalue weighted by Gasteiger charge is 2.33. The molecular formula is C20H28F3IN4O2S. The van der Waals surface area contributed by atoms with Gasteiger partial charge in [-0.15, -0.1) is 35.3 Å². The van der Waals surface area contributed by atoms with E-state index in [4.69, 9.17) is 9.47 Å². The van der Waals surface area contributed by atoms with Gasteiger partial charge in [-0.25, -0.2) is 9.98 Å². The van der Waals surface area contributed by atoms with E-state index in [2.05, 4.69) is 20.6 Å². The van der Waals surface area contributed by atoms with Crippen LogP contribution in [0, 0.1) is 0 Å². The van der Waals surface area contributed by atoms with E-state index in [-0.39, 0.29) is 30.5 Å². The largest absolute Gasteiger partial charge is 0.493 e. The number of hydrogen-bond acceptors (Lipinski definition) is 5. The van der Waals surface area contributed by atoms with Crippen LogP contribution in [-0.2, 0) is 19.1 Å². The number of rotatable bonds is 10. The molecule has 11 heteroatoms. The van der Waals surface area contributed by atoms with Crippen molar-refractivity contribution in [2.75, 3.05) is 26.8 Å². The first-order valence-electron chi connectivity index (χ1n) is 9.70. The van der Waals surface area contributed by atoms with E-state index >= 15 is 0 Å². The van der Waals surface area contributed by atoms with Crippen LogP contribution >= 0.6 is 35.3 Å². The Kier molecular flexibility index (Phi) is 12.0. The number of ether oxygens (including phenoxy) is 2. The summed E-state index contributed by atoms with van der Waals surface area (Å²) < 4.78 is 48.8. The Morgan fingerprint density at radius 3 is 2.58 bits per heavy atom. The van der Waals surface area contributed by atoms with Crippen LogP contribution in [0.4, 0.5) is 13.2 Å². The van der Waals surface area contributed by atoms with Crippen molar-refractivity contribution in [2.45, 2.75) is 39.4 Å². The Bertz CT molecular complexity index is 831. The summed E-state index contributed by atoms with van der Waals surface area (Å²) in [6, 6.07) is 5.87. The summed E-state index contributed by atoms with van der Waals surface area (Å²) in [6.45, 7) is 5.81. The van der Waals surface area contributed by atoms with Crippen molar-refractivity contribution in [1.29, 1.82) is 0 Å². The van der Waals surface area contributed by atoms with E-state index < -0.39 is 11.9 Å². The van der Waals surface area contributed by atoms with Gasteiger partial charge in [-0.3, -0.25) is 0 Å². The Morgan fingerprint density at radius 2 is 1.97 bits per heavy atom. The maximum Gasteiger partial charge on any atom is 0.434 e. The molecule has 0 saturated carbocycles. The van der Waals surface area contributed by atoms with E-state index in [1.807, 2.05) is 32.0 Å². The summed E-state index contributed by atoms with van der Waals surface area (Å²) in [5.41, 5.74) is 0.257. The molecule has 0 fully saturated rings. The Morgan fingerprint density at radius 1 is 1.19 bits per heavy atom. The zero-order valence-electron chi connectivity index (χ0n) is 17.7. The van der Waals surface area contributed by atoms with Gasteiger partial charge in [-0.2, -0.15) is 13.2 Å². The lowest BCUT2D eigenvalue weighted by molar-refractivity contribution is -0.140. The third kappa shape index (κ3) is 9.09. The summed E-state index contributed by atoms with van der Waals surface area (Å²) >= 11 is 0.955. The van der Waals surface area contributed by atoms with Gasteiger partial charge in [0.05, 0.1) is 20.3 Å². The molecule has 0 amide bonds. The Labute approximate surface area is 201 Å². The van der Waals surface area contributed by atoms with Crippen LogP contribution in [-0.4, -0.2) is 37.7 Å². The molecule has 31 heavy (non-hydrogen) atoms. The number of aromatic nitrogens is 1. The van der Waals surface area contributed by atoms with Crippen molar-refractivity contribution in [3.63, 3.8) is 0 Å². The molecule has 0 radical (unpaired) electrons. The van der Waals surface area contributed by atoms with Crippen LogP contribution in [0.25, 0.3) is 0 Å². The first kappa shape index (κ1) is 27.3. The summed E-state index contributed by atoms with van der Waals surface area (Å²) in [7, 11) is 1.61. The predicted molar refractivity (Wildman–Crippen MR) is 128 cm³/mol. The van der Waals surface area contributed by atoms with Crippen LogP contribution in [0.2, 0.25) is 0 Å². The van der Waals surface area contributed by atoms with Gasteiger partial charge < -0.3 is 20.1 Å². The second-order valence-corrected chi connectivity index (χ2v) is 7.21. The molecule has 6 nitrogen and oxygen atoms in total. The minimum atomic E-state index is -4.43. The van der Waals surface area contributed by atoms with Gasteiger partial charge in [0, 0.05) is 18.5 Å². The number of methoxy groups -OCH3 is 1. The average Bonchev–Trinajstić information content (AvgIpc) is 3.19. The van der Waals surface area contributed by atoms with E-state index in [0.717, 1.165) is 40.9 Å². The molecule has 1 aromatic heterocycles. The fraction of sp³-hybridized carbons (Fsp3) is 0.500. The zero-order chi connectivity index (χ0) is 22.0. The fourth-order valence-electron chi connectivity index (χ4n) is 2.65. The van der Waals surface area contributed by atoms with Crippen LogP contribution in [0.1, 0.15) is 36.5 Å². The van der Waals surface area contributed by atoms with Gasteiger partial charge in [0.15, 0.2) is 23.2 Å². The average molecular weight is 572 g/mol. The number of nitrogens with zero attached hydrogens (tertiary/aromatic N) is 2. The van der Waals surface area contributed by atoms with Crippen LogP contribution in [0.15, 0.2) is 28.6 Å². The lowest BCUT2D eigenvalue weighted by Gasteiger charge is -2.12. The normalized spacial score (nSPS) is 11.6. The number of nitrogens with one attached hydrogen (secondary N) is 2. The lowest BCUT2D eigenvalue weighted by atomic mass is 10.1.